The smallest absolute Gasteiger partial charge is 0.149 e. The van der Waals surface area contributed by atoms with Crippen LogP contribution in [0.25, 0.3) is 0 Å². The Balaban J connectivity index is 2.22. The van der Waals surface area contributed by atoms with Crippen LogP contribution in [0.5, 0.6) is 0 Å². The number of nitrogen functional groups attached to an aromatic ring is 1. The topological polar surface area (TPSA) is 87.6 Å². The second kappa shape index (κ2) is 4.68. The lowest BCUT2D eigenvalue weighted by Gasteiger charge is -2.05. The van der Waals surface area contributed by atoms with Gasteiger partial charge in [-0.05, 0) is 18.2 Å². The van der Waals surface area contributed by atoms with Crippen LogP contribution in [0.15, 0.2) is 30.6 Å². The average molecular weight is 246 g/mol. The van der Waals surface area contributed by atoms with Crippen LogP contribution >= 0.6 is 11.6 Å². The van der Waals surface area contributed by atoms with Crippen molar-refractivity contribution < 1.29 is 0 Å². The van der Waals surface area contributed by atoms with Crippen molar-refractivity contribution in [1.29, 1.82) is 5.26 Å². The number of nitrogens with two attached hydrogens (primary N) is 1. The molecule has 0 amide bonds. The summed E-state index contributed by atoms with van der Waals surface area (Å²) < 4.78 is 0. The summed E-state index contributed by atoms with van der Waals surface area (Å²) in [7, 11) is 0. The fraction of sp³-hybridized carbons (Fsp3) is 0. The minimum Gasteiger partial charge on any atom is -0.382 e. The number of nitrogens with zero attached hydrogens (tertiary/aromatic N) is 3. The molecular weight excluding hydrogens is 238 g/mol. The first kappa shape index (κ1) is 11.2. The molecule has 6 heteroatoms. The summed E-state index contributed by atoms with van der Waals surface area (Å²) in [6.07, 6.45) is 2.97. The SMILES string of the molecule is N#Cc1ccc(Nc2cnc(N)cn2)cc1Cl. The maximum absolute atomic E-state index is 8.74. The van der Waals surface area contributed by atoms with E-state index < -0.39 is 0 Å². The van der Waals surface area contributed by atoms with Gasteiger partial charge in [-0.25, -0.2) is 9.97 Å². The summed E-state index contributed by atoms with van der Waals surface area (Å²) in [5.74, 6) is 0.911. The van der Waals surface area contributed by atoms with Gasteiger partial charge >= 0.3 is 0 Å². The molecule has 0 fully saturated rings. The number of hydrogen-bond donors (Lipinski definition) is 2. The zero-order valence-corrected chi connectivity index (χ0v) is 9.44. The summed E-state index contributed by atoms with van der Waals surface area (Å²) in [5.41, 5.74) is 6.58. The fourth-order valence-electron chi connectivity index (χ4n) is 1.23. The van der Waals surface area contributed by atoms with Gasteiger partial charge in [0.1, 0.15) is 17.7 Å². The number of halogens is 1. The molecule has 0 saturated carbocycles. The third kappa shape index (κ3) is 2.62. The molecule has 17 heavy (non-hydrogen) atoms. The van der Waals surface area contributed by atoms with Gasteiger partial charge in [-0.3, -0.25) is 0 Å². The van der Waals surface area contributed by atoms with Gasteiger partial charge in [-0.1, -0.05) is 11.6 Å². The molecule has 0 atom stereocenters. The third-order valence-corrected chi connectivity index (χ3v) is 2.35. The highest BCUT2D eigenvalue weighted by Gasteiger charge is 2.02. The van der Waals surface area contributed by atoms with Crippen molar-refractivity contribution in [3.63, 3.8) is 0 Å². The number of benzene rings is 1. The highest BCUT2D eigenvalue weighted by molar-refractivity contribution is 6.32. The zero-order chi connectivity index (χ0) is 12.3. The summed E-state index contributed by atoms with van der Waals surface area (Å²) in [6.45, 7) is 0. The maximum Gasteiger partial charge on any atom is 0.149 e. The van der Waals surface area contributed by atoms with Crippen LogP contribution in [-0.2, 0) is 0 Å². The molecule has 5 nitrogen and oxygen atoms in total. The summed E-state index contributed by atoms with van der Waals surface area (Å²) in [6, 6.07) is 7.01. The third-order valence-electron chi connectivity index (χ3n) is 2.03. The Bertz CT molecular complexity index is 573. The molecule has 0 bridgehead atoms. The molecule has 0 saturated heterocycles. The number of hydrogen-bond acceptors (Lipinski definition) is 5. The monoisotopic (exact) mass is 245 g/mol. The minimum absolute atomic E-state index is 0.355. The lowest BCUT2D eigenvalue weighted by atomic mass is 10.2. The second-order valence-electron chi connectivity index (χ2n) is 3.26. The second-order valence-corrected chi connectivity index (χ2v) is 3.67. The molecule has 3 N–H and O–H groups in total. The van der Waals surface area contributed by atoms with E-state index in [2.05, 4.69) is 15.3 Å². The predicted octanol–water partition coefficient (Wildman–Crippen LogP) is 2.33. The lowest BCUT2D eigenvalue weighted by molar-refractivity contribution is 1.21. The molecule has 0 aliphatic rings. The summed E-state index contributed by atoms with van der Waals surface area (Å²) >= 11 is 5.90. The van der Waals surface area contributed by atoms with E-state index in [9.17, 15) is 0 Å². The summed E-state index contributed by atoms with van der Waals surface area (Å²) in [4.78, 5) is 7.94. The van der Waals surface area contributed by atoms with Crippen LogP contribution in [0, 0.1) is 11.3 Å². The fourth-order valence-corrected chi connectivity index (χ4v) is 1.46. The molecule has 1 aromatic carbocycles. The van der Waals surface area contributed by atoms with Crippen molar-refractivity contribution >= 4 is 28.9 Å². The van der Waals surface area contributed by atoms with E-state index >= 15 is 0 Å². The van der Waals surface area contributed by atoms with E-state index in [0.29, 0.717) is 22.2 Å². The van der Waals surface area contributed by atoms with Crippen molar-refractivity contribution in [3.05, 3.63) is 41.2 Å². The minimum atomic E-state index is 0.355. The quantitative estimate of drug-likeness (QED) is 0.848. The number of anilines is 3. The number of rotatable bonds is 2. The Labute approximate surface area is 103 Å². The van der Waals surface area contributed by atoms with Crippen LogP contribution in [0.3, 0.4) is 0 Å². The molecule has 0 aliphatic heterocycles. The van der Waals surface area contributed by atoms with Crippen LogP contribution in [0.2, 0.25) is 5.02 Å². The predicted molar refractivity (Wildman–Crippen MR) is 65.9 cm³/mol. The van der Waals surface area contributed by atoms with E-state index in [1.54, 1.807) is 18.2 Å². The van der Waals surface area contributed by atoms with Crippen LogP contribution < -0.4 is 11.1 Å². The maximum atomic E-state index is 8.74. The van der Waals surface area contributed by atoms with Crippen molar-refractivity contribution in [1.82, 2.24) is 9.97 Å². The van der Waals surface area contributed by atoms with E-state index in [-0.39, 0.29) is 0 Å². The molecule has 2 aromatic rings. The number of nitrogens with one attached hydrogen (secondary N) is 1. The van der Waals surface area contributed by atoms with Gasteiger partial charge in [0.25, 0.3) is 0 Å². The zero-order valence-electron chi connectivity index (χ0n) is 8.68. The van der Waals surface area contributed by atoms with Gasteiger partial charge in [0.2, 0.25) is 0 Å². The highest BCUT2D eigenvalue weighted by Crippen LogP contribution is 2.22. The van der Waals surface area contributed by atoms with Crippen LogP contribution in [0.4, 0.5) is 17.3 Å². The van der Waals surface area contributed by atoms with Crippen LogP contribution in [0.1, 0.15) is 5.56 Å². The molecule has 0 aliphatic carbocycles. The van der Waals surface area contributed by atoms with Gasteiger partial charge in [-0.2, -0.15) is 5.26 Å². The molecule has 1 heterocycles. The highest BCUT2D eigenvalue weighted by atomic mass is 35.5. The first-order chi connectivity index (χ1) is 8.19. The van der Waals surface area contributed by atoms with Gasteiger partial charge in [0, 0.05) is 5.69 Å². The van der Waals surface area contributed by atoms with Crippen molar-refractivity contribution in [3.8, 4) is 6.07 Å². The standard InChI is InChI=1S/C11H8ClN5/c12-9-3-8(2-1-7(9)4-13)17-11-6-15-10(14)5-16-11/h1-3,5-6H,(H2,14,15)(H,16,17). The molecule has 0 spiro atoms. The molecule has 0 radical (unpaired) electrons. The Kier molecular flexibility index (Phi) is 3.08. The first-order valence-electron chi connectivity index (χ1n) is 4.73. The molecule has 0 unspecified atom stereocenters. The van der Waals surface area contributed by atoms with Gasteiger partial charge in [0.15, 0.2) is 0 Å². The van der Waals surface area contributed by atoms with Gasteiger partial charge in [-0.15, -0.1) is 0 Å². The Morgan fingerprint density at radius 3 is 2.71 bits per heavy atom. The number of aromatic nitrogens is 2. The molecule has 2 rings (SSSR count). The summed E-state index contributed by atoms with van der Waals surface area (Å²) in [5, 5.41) is 12.1. The Morgan fingerprint density at radius 1 is 1.29 bits per heavy atom. The van der Waals surface area contributed by atoms with Crippen molar-refractivity contribution in [2.24, 2.45) is 0 Å². The van der Waals surface area contributed by atoms with E-state index in [1.165, 1.54) is 12.4 Å². The Morgan fingerprint density at radius 2 is 2.12 bits per heavy atom. The van der Waals surface area contributed by atoms with Crippen molar-refractivity contribution in [2.75, 3.05) is 11.1 Å². The normalized spacial score (nSPS) is 9.65. The number of nitriles is 1. The molecular formula is C11H8ClN5. The van der Waals surface area contributed by atoms with E-state index in [1.807, 2.05) is 6.07 Å². The van der Waals surface area contributed by atoms with Gasteiger partial charge in [0.05, 0.1) is 23.0 Å². The first-order valence-corrected chi connectivity index (χ1v) is 5.11. The lowest BCUT2D eigenvalue weighted by Crippen LogP contribution is -1.97. The van der Waals surface area contributed by atoms with E-state index in [4.69, 9.17) is 22.6 Å². The van der Waals surface area contributed by atoms with Gasteiger partial charge < -0.3 is 11.1 Å². The van der Waals surface area contributed by atoms with Crippen LogP contribution in [-0.4, -0.2) is 9.97 Å². The Hall–Kier alpha value is -2.32. The van der Waals surface area contributed by atoms with E-state index in [0.717, 1.165) is 5.69 Å². The molecule has 84 valence electrons. The largest absolute Gasteiger partial charge is 0.382 e. The van der Waals surface area contributed by atoms with Crippen molar-refractivity contribution in [2.45, 2.75) is 0 Å². The molecule has 1 aromatic heterocycles. The average Bonchev–Trinajstić information content (AvgIpc) is 2.32.